The summed E-state index contributed by atoms with van der Waals surface area (Å²) in [5, 5.41) is 1.95. The zero-order chi connectivity index (χ0) is 18.1. The Morgan fingerprint density at radius 1 is 1.16 bits per heavy atom. The second-order valence-electron chi connectivity index (χ2n) is 6.38. The third kappa shape index (κ3) is 6.55. The lowest BCUT2D eigenvalue weighted by Crippen LogP contribution is -2.44. The zero-order valence-corrected chi connectivity index (χ0v) is 16.4. The van der Waals surface area contributed by atoms with Gasteiger partial charge in [0.1, 0.15) is 5.37 Å². The van der Waals surface area contributed by atoms with Crippen molar-refractivity contribution >= 4 is 35.2 Å². The van der Waals surface area contributed by atoms with E-state index in [0.29, 0.717) is 17.2 Å². The summed E-state index contributed by atoms with van der Waals surface area (Å²) < 4.78 is 0. The Morgan fingerprint density at radius 2 is 1.80 bits per heavy atom. The van der Waals surface area contributed by atoms with Crippen molar-refractivity contribution in [2.24, 2.45) is 0 Å². The van der Waals surface area contributed by atoms with Crippen LogP contribution in [0.2, 0.25) is 5.02 Å². The Morgan fingerprint density at radius 3 is 2.48 bits per heavy atom. The molecule has 1 aliphatic heterocycles. The van der Waals surface area contributed by atoms with Crippen molar-refractivity contribution in [3.63, 3.8) is 0 Å². The highest BCUT2D eigenvalue weighted by Gasteiger charge is 2.34. The fourth-order valence-corrected chi connectivity index (χ4v) is 4.09. The lowest BCUT2D eigenvalue weighted by Gasteiger charge is -2.24. The summed E-state index contributed by atoms with van der Waals surface area (Å²) in [5.74, 6) is 0.242. The van der Waals surface area contributed by atoms with Gasteiger partial charge in [-0.1, -0.05) is 69.2 Å². The summed E-state index contributed by atoms with van der Waals surface area (Å²) in [6.45, 7) is 2.21. The molecule has 4 nitrogen and oxygen atoms in total. The molecule has 1 heterocycles. The molecular weight excluding hydrogens is 356 g/mol. The number of unbranched alkanes of at least 4 members (excludes halogenated alkanes) is 6. The van der Waals surface area contributed by atoms with Crippen molar-refractivity contribution in [3.05, 3.63) is 34.9 Å². The monoisotopic (exact) mass is 382 g/mol. The summed E-state index contributed by atoms with van der Waals surface area (Å²) in [5.41, 5.74) is 3.76. The molecule has 0 aromatic heterocycles. The van der Waals surface area contributed by atoms with Gasteiger partial charge in [-0.2, -0.15) is 0 Å². The molecule has 1 atom stereocenters. The maximum atomic E-state index is 12.2. The molecule has 0 spiro atoms. The normalized spacial score (nSPS) is 17.1. The average molecular weight is 383 g/mol. The zero-order valence-electron chi connectivity index (χ0n) is 14.8. The minimum Gasteiger partial charge on any atom is -0.273 e. The molecule has 1 N–H and O–H groups in total. The predicted molar refractivity (Wildman–Crippen MR) is 104 cm³/mol. The SMILES string of the molecule is CCCCCCCCCC(=O)NN1C(=O)CSC1c1ccc(Cl)cc1. The first-order chi connectivity index (χ1) is 12.1. The van der Waals surface area contributed by atoms with E-state index in [1.54, 1.807) is 12.1 Å². The smallest absolute Gasteiger partial charge is 0.252 e. The molecule has 0 bridgehead atoms. The standard InChI is InChI=1S/C19H27ClN2O2S/c1-2-3-4-5-6-7-8-9-17(23)21-22-18(24)14-25-19(22)15-10-12-16(20)13-11-15/h10-13,19H,2-9,14H2,1H3,(H,21,23). The topological polar surface area (TPSA) is 49.4 Å². The number of carbonyl (C=O) groups is 2. The number of amides is 2. The van der Waals surface area contributed by atoms with Gasteiger partial charge in [-0.15, -0.1) is 11.8 Å². The molecule has 0 saturated carbocycles. The lowest BCUT2D eigenvalue weighted by atomic mass is 10.1. The number of thioether (sulfide) groups is 1. The van der Waals surface area contributed by atoms with E-state index in [0.717, 1.165) is 18.4 Å². The van der Waals surface area contributed by atoms with Gasteiger partial charge in [0.05, 0.1) is 5.75 Å². The summed E-state index contributed by atoms with van der Waals surface area (Å²) >= 11 is 7.44. The van der Waals surface area contributed by atoms with Gasteiger partial charge in [-0.05, 0) is 24.1 Å². The van der Waals surface area contributed by atoms with E-state index in [-0.39, 0.29) is 17.2 Å². The van der Waals surface area contributed by atoms with E-state index in [1.165, 1.54) is 48.9 Å². The maximum Gasteiger partial charge on any atom is 0.252 e. The Labute approximate surface area is 159 Å². The third-order valence-electron chi connectivity index (χ3n) is 4.28. The molecular formula is C19H27ClN2O2S. The van der Waals surface area contributed by atoms with Crippen LogP contribution in [0.5, 0.6) is 0 Å². The van der Waals surface area contributed by atoms with Crippen molar-refractivity contribution in [2.75, 3.05) is 5.75 Å². The second-order valence-corrected chi connectivity index (χ2v) is 7.89. The number of benzene rings is 1. The number of hydrogen-bond acceptors (Lipinski definition) is 3. The van der Waals surface area contributed by atoms with Crippen molar-refractivity contribution in [2.45, 2.75) is 63.7 Å². The van der Waals surface area contributed by atoms with Crippen LogP contribution in [0.3, 0.4) is 0 Å². The third-order valence-corrected chi connectivity index (χ3v) is 5.74. The van der Waals surface area contributed by atoms with E-state index in [2.05, 4.69) is 12.3 Å². The minimum atomic E-state index is -0.178. The summed E-state index contributed by atoms with van der Waals surface area (Å²) in [4.78, 5) is 24.3. The van der Waals surface area contributed by atoms with Gasteiger partial charge in [-0.25, -0.2) is 5.01 Å². The molecule has 2 amide bonds. The molecule has 25 heavy (non-hydrogen) atoms. The first-order valence-corrected chi connectivity index (χ1v) is 10.5. The van der Waals surface area contributed by atoms with Crippen LogP contribution in [0.25, 0.3) is 0 Å². The van der Waals surface area contributed by atoms with Crippen LogP contribution in [0, 0.1) is 0 Å². The Hall–Kier alpha value is -1.20. The van der Waals surface area contributed by atoms with Crippen LogP contribution in [0.1, 0.15) is 69.2 Å². The Bertz CT molecular complexity index is 565. The highest BCUT2D eigenvalue weighted by molar-refractivity contribution is 8.00. The van der Waals surface area contributed by atoms with E-state index in [1.807, 2.05) is 12.1 Å². The van der Waals surface area contributed by atoms with Gasteiger partial charge >= 0.3 is 0 Å². The molecule has 1 aromatic carbocycles. The van der Waals surface area contributed by atoms with Gasteiger partial charge in [0.2, 0.25) is 5.91 Å². The lowest BCUT2D eigenvalue weighted by molar-refractivity contribution is -0.139. The van der Waals surface area contributed by atoms with Crippen LogP contribution >= 0.6 is 23.4 Å². The summed E-state index contributed by atoms with van der Waals surface area (Å²) in [6.07, 6.45) is 8.66. The minimum absolute atomic E-state index is 0.0575. The molecule has 1 aliphatic rings. The van der Waals surface area contributed by atoms with Crippen LogP contribution in [-0.2, 0) is 9.59 Å². The molecule has 1 unspecified atom stereocenters. The Kier molecular flexibility index (Phi) is 8.62. The fourth-order valence-electron chi connectivity index (χ4n) is 2.85. The number of nitrogens with zero attached hydrogens (tertiary/aromatic N) is 1. The van der Waals surface area contributed by atoms with E-state index < -0.39 is 0 Å². The number of halogens is 1. The predicted octanol–water partition coefficient (Wildman–Crippen LogP) is 5.09. The Balaban J connectivity index is 1.76. The maximum absolute atomic E-state index is 12.2. The number of hydrogen-bond donors (Lipinski definition) is 1. The van der Waals surface area contributed by atoms with Crippen molar-refractivity contribution in [1.29, 1.82) is 0 Å². The average Bonchev–Trinajstić information content (AvgIpc) is 2.95. The van der Waals surface area contributed by atoms with Gasteiger partial charge in [0.25, 0.3) is 5.91 Å². The molecule has 1 aromatic rings. The van der Waals surface area contributed by atoms with Gasteiger partial charge in [-0.3, -0.25) is 15.0 Å². The fraction of sp³-hybridized carbons (Fsp3) is 0.579. The first kappa shape index (κ1) is 20.1. The van der Waals surface area contributed by atoms with Crippen LogP contribution in [0.4, 0.5) is 0 Å². The number of carbonyl (C=O) groups excluding carboxylic acids is 2. The van der Waals surface area contributed by atoms with Gasteiger partial charge in [0, 0.05) is 11.4 Å². The molecule has 6 heteroatoms. The number of nitrogens with one attached hydrogen (secondary N) is 1. The van der Waals surface area contributed by atoms with Crippen LogP contribution in [-0.4, -0.2) is 22.6 Å². The summed E-state index contributed by atoms with van der Waals surface area (Å²) in [6, 6.07) is 7.40. The van der Waals surface area contributed by atoms with Crippen molar-refractivity contribution in [3.8, 4) is 0 Å². The summed E-state index contributed by atoms with van der Waals surface area (Å²) in [7, 11) is 0. The molecule has 1 saturated heterocycles. The van der Waals surface area contributed by atoms with E-state index in [9.17, 15) is 9.59 Å². The van der Waals surface area contributed by atoms with Crippen molar-refractivity contribution in [1.82, 2.24) is 10.4 Å². The molecule has 1 fully saturated rings. The molecule has 0 aliphatic carbocycles. The number of hydrazine groups is 1. The van der Waals surface area contributed by atoms with E-state index >= 15 is 0 Å². The second kappa shape index (κ2) is 10.7. The van der Waals surface area contributed by atoms with Gasteiger partial charge < -0.3 is 0 Å². The largest absolute Gasteiger partial charge is 0.273 e. The van der Waals surface area contributed by atoms with Crippen molar-refractivity contribution < 1.29 is 9.59 Å². The van der Waals surface area contributed by atoms with Gasteiger partial charge in [0.15, 0.2) is 0 Å². The highest BCUT2D eigenvalue weighted by Crippen LogP contribution is 2.37. The molecule has 138 valence electrons. The highest BCUT2D eigenvalue weighted by atomic mass is 35.5. The number of rotatable bonds is 10. The van der Waals surface area contributed by atoms with Crippen LogP contribution in [0.15, 0.2) is 24.3 Å². The molecule has 2 rings (SSSR count). The first-order valence-electron chi connectivity index (χ1n) is 9.10. The van der Waals surface area contributed by atoms with E-state index in [4.69, 9.17) is 11.6 Å². The van der Waals surface area contributed by atoms with Crippen LogP contribution < -0.4 is 5.43 Å². The quantitative estimate of drug-likeness (QED) is 0.573. The molecule has 0 radical (unpaired) electrons.